The smallest absolute Gasteiger partial charge is 0.0736 e. The minimum atomic E-state index is 0.721. The van der Waals surface area contributed by atoms with Crippen molar-refractivity contribution in [3.63, 3.8) is 0 Å². The molecule has 2 aromatic rings. The van der Waals surface area contributed by atoms with Crippen LogP contribution in [0.4, 0.5) is 0 Å². The van der Waals surface area contributed by atoms with Gasteiger partial charge in [0.1, 0.15) is 0 Å². The lowest BCUT2D eigenvalue weighted by molar-refractivity contribution is 0.721. The zero-order valence-corrected chi connectivity index (χ0v) is 9.97. The molecule has 0 spiro atoms. The number of hydrogen-bond donors (Lipinski definition) is 0. The van der Waals surface area contributed by atoms with Gasteiger partial charge in [-0.1, -0.05) is 49.2 Å². The van der Waals surface area contributed by atoms with Gasteiger partial charge >= 0.3 is 0 Å². The van der Waals surface area contributed by atoms with Gasteiger partial charge in [0.25, 0.3) is 0 Å². The Hall–Kier alpha value is -1.63. The van der Waals surface area contributed by atoms with Crippen molar-refractivity contribution < 1.29 is 0 Å². The van der Waals surface area contributed by atoms with E-state index in [1.165, 1.54) is 42.5 Å². The lowest BCUT2D eigenvalue weighted by Crippen LogP contribution is -1.97. The SMILES string of the molecule is c1ccc(-c2ncccc2C2CCCC2)cc1. The topological polar surface area (TPSA) is 12.9 Å². The predicted octanol–water partition coefficient (Wildman–Crippen LogP) is 4.41. The van der Waals surface area contributed by atoms with Crippen LogP contribution in [0.3, 0.4) is 0 Å². The third kappa shape index (κ3) is 2.10. The maximum Gasteiger partial charge on any atom is 0.0736 e. The highest BCUT2D eigenvalue weighted by Gasteiger charge is 2.20. The van der Waals surface area contributed by atoms with Gasteiger partial charge in [-0.25, -0.2) is 0 Å². The molecule has 1 aliphatic rings. The zero-order chi connectivity index (χ0) is 11.5. The highest BCUT2D eigenvalue weighted by molar-refractivity contribution is 5.63. The van der Waals surface area contributed by atoms with Crippen LogP contribution >= 0.6 is 0 Å². The zero-order valence-electron chi connectivity index (χ0n) is 9.97. The Morgan fingerprint density at radius 1 is 0.882 bits per heavy atom. The molecule has 86 valence electrons. The summed E-state index contributed by atoms with van der Waals surface area (Å²) in [5, 5.41) is 0. The van der Waals surface area contributed by atoms with Crippen molar-refractivity contribution in [1.29, 1.82) is 0 Å². The van der Waals surface area contributed by atoms with Crippen LogP contribution < -0.4 is 0 Å². The first-order valence-electron chi connectivity index (χ1n) is 6.45. The number of nitrogens with zero attached hydrogens (tertiary/aromatic N) is 1. The highest BCUT2D eigenvalue weighted by atomic mass is 14.7. The van der Waals surface area contributed by atoms with Crippen LogP contribution in [-0.4, -0.2) is 4.98 Å². The van der Waals surface area contributed by atoms with E-state index in [1.807, 2.05) is 6.20 Å². The molecule has 1 aromatic heterocycles. The summed E-state index contributed by atoms with van der Waals surface area (Å²) in [5.74, 6) is 0.721. The lowest BCUT2D eigenvalue weighted by Gasteiger charge is -2.14. The lowest BCUT2D eigenvalue weighted by atomic mass is 9.93. The van der Waals surface area contributed by atoms with E-state index in [0.29, 0.717) is 0 Å². The van der Waals surface area contributed by atoms with Gasteiger partial charge in [-0.15, -0.1) is 0 Å². The first-order chi connectivity index (χ1) is 8.45. The van der Waals surface area contributed by atoms with Crippen LogP contribution in [0.25, 0.3) is 11.3 Å². The summed E-state index contributed by atoms with van der Waals surface area (Å²) in [6.45, 7) is 0. The monoisotopic (exact) mass is 223 g/mol. The Kier molecular flexibility index (Phi) is 2.91. The molecular formula is C16H17N. The second-order valence-corrected chi connectivity index (χ2v) is 4.79. The maximum atomic E-state index is 4.59. The van der Waals surface area contributed by atoms with Crippen molar-refractivity contribution in [3.8, 4) is 11.3 Å². The fourth-order valence-electron chi connectivity index (χ4n) is 2.82. The molecule has 1 fully saturated rings. The Balaban J connectivity index is 2.04. The van der Waals surface area contributed by atoms with E-state index in [2.05, 4.69) is 47.4 Å². The Bertz CT molecular complexity index is 484. The largest absolute Gasteiger partial charge is 0.256 e. The van der Waals surface area contributed by atoms with Gasteiger partial charge in [-0.3, -0.25) is 4.98 Å². The number of pyridine rings is 1. The summed E-state index contributed by atoms with van der Waals surface area (Å²) < 4.78 is 0. The molecule has 0 unspecified atom stereocenters. The normalized spacial score (nSPS) is 16.2. The van der Waals surface area contributed by atoms with Crippen molar-refractivity contribution >= 4 is 0 Å². The Morgan fingerprint density at radius 2 is 1.65 bits per heavy atom. The van der Waals surface area contributed by atoms with Crippen LogP contribution in [0.5, 0.6) is 0 Å². The molecule has 1 nitrogen and oxygen atoms in total. The second kappa shape index (κ2) is 4.70. The second-order valence-electron chi connectivity index (χ2n) is 4.79. The summed E-state index contributed by atoms with van der Waals surface area (Å²) in [4.78, 5) is 4.59. The van der Waals surface area contributed by atoms with Crippen molar-refractivity contribution in [2.24, 2.45) is 0 Å². The van der Waals surface area contributed by atoms with Crippen molar-refractivity contribution in [2.75, 3.05) is 0 Å². The molecule has 0 radical (unpaired) electrons. The van der Waals surface area contributed by atoms with Gasteiger partial charge in [-0.2, -0.15) is 0 Å². The quantitative estimate of drug-likeness (QED) is 0.735. The fraction of sp³-hybridized carbons (Fsp3) is 0.312. The molecular weight excluding hydrogens is 206 g/mol. The average molecular weight is 223 g/mol. The van der Waals surface area contributed by atoms with E-state index >= 15 is 0 Å². The molecule has 1 aliphatic carbocycles. The standard InChI is InChI=1S/C16H17N/c1-2-9-14(10-3-1)16-15(11-6-12-17-16)13-7-4-5-8-13/h1-3,6,9-13H,4-5,7-8H2. The molecule has 0 atom stereocenters. The summed E-state index contributed by atoms with van der Waals surface area (Å²) >= 11 is 0. The van der Waals surface area contributed by atoms with Gasteiger partial charge < -0.3 is 0 Å². The van der Waals surface area contributed by atoms with E-state index < -0.39 is 0 Å². The van der Waals surface area contributed by atoms with E-state index in [-0.39, 0.29) is 0 Å². The molecule has 1 saturated carbocycles. The highest BCUT2D eigenvalue weighted by Crippen LogP contribution is 2.38. The van der Waals surface area contributed by atoms with Crippen LogP contribution in [0.2, 0.25) is 0 Å². The van der Waals surface area contributed by atoms with E-state index in [1.54, 1.807) is 0 Å². The van der Waals surface area contributed by atoms with E-state index in [4.69, 9.17) is 0 Å². The van der Waals surface area contributed by atoms with Crippen LogP contribution in [0.1, 0.15) is 37.2 Å². The first-order valence-corrected chi connectivity index (χ1v) is 6.45. The van der Waals surface area contributed by atoms with Gasteiger partial charge in [-0.05, 0) is 30.4 Å². The third-order valence-electron chi connectivity index (χ3n) is 3.68. The first kappa shape index (κ1) is 10.5. The minimum absolute atomic E-state index is 0.721. The molecule has 1 aromatic carbocycles. The van der Waals surface area contributed by atoms with Crippen molar-refractivity contribution in [3.05, 3.63) is 54.2 Å². The van der Waals surface area contributed by atoms with Gasteiger partial charge in [0.2, 0.25) is 0 Å². The molecule has 1 heteroatoms. The van der Waals surface area contributed by atoms with E-state index in [0.717, 1.165) is 5.92 Å². The molecule has 1 heterocycles. The van der Waals surface area contributed by atoms with Crippen LogP contribution in [0, 0.1) is 0 Å². The number of rotatable bonds is 2. The Morgan fingerprint density at radius 3 is 2.41 bits per heavy atom. The number of benzene rings is 1. The molecule has 0 amide bonds. The molecule has 0 N–H and O–H groups in total. The van der Waals surface area contributed by atoms with Crippen LogP contribution in [-0.2, 0) is 0 Å². The van der Waals surface area contributed by atoms with Crippen LogP contribution in [0.15, 0.2) is 48.7 Å². The molecule has 17 heavy (non-hydrogen) atoms. The number of aromatic nitrogens is 1. The summed E-state index contributed by atoms with van der Waals surface area (Å²) in [6.07, 6.45) is 7.29. The molecule has 3 rings (SSSR count). The minimum Gasteiger partial charge on any atom is -0.256 e. The number of hydrogen-bond acceptors (Lipinski definition) is 1. The molecule has 0 saturated heterocycles. The summed E-state index contributed by atoms with van der Waals surface area (Å²) in [5.41, 5.74) is 3.87. The molecule has 0 bridgehead atoms. The van der Waals surface area contributed by atoms with Gasteiger partial charge in [0.15, 0.2) is 0 Å². The third-order valence-corrected chi connectivity index (χ3v) is 3.68. The maximum absolute atomic E-state index is 4.59. The predicted molar refractivity (Wildman–Crippen MR) is 70.9 cm³/mol. The van der Waals surface area contributed by atoms with Crippen molar-refractivity contribution in [1.82, 2.24) is 4.98 Å². The Labute approximate surface area is 103 Å². The van der Waals surface area contributed by atoms with Gasteiger partial charge in [0.05, 0.1) is 5.69 Å². The summed E-state index contributed by atoms with van der Waals surface area (Å²) in [7, 11) is 0. The van der Waals surface area contributed by atoms with Crippen molar-refractivity contribution in [2.45, 2.75) is 31.6 Å². The summed E-state index contributed by atoms with van der Waals surface area (Å²) in [6, 6.07) is 14.9. The van der Waals surface area contributed by atoms with E-state index in [9.17, 15) is 0 Å². The average Bonchev–Trinajstić information content (AvgIpc) is 2.94. The fourth-order valence-corrected chi connectivity index (χ4v) is 2.82. The van der Waals surface area contributed by atoms with Gasteiger partial charge in [0, 0.05) is 11.8 Å². The molecule has 0 aliphatic heterocycles.